The highest BCUT2D eigenvalue weighted by Crippen LogP contribution is 2.29. The largest absolute Gasteiger partial charge is 0.496 e. The van der Waals surface area contributed by atoms with Gasteiger partial charge in [0.15, 0.2) is 5.84 Å². The van der Waals surface area contributed by atoms with E-state index >= 15 is 0 Å². The molecule has 1 fully saturated rings. The molecule has 0 atom stereocenters. The van der Waals surface area contributed by atoms with Gasteiger partial charge in [0.2, 0.25) is 5.91 Å². The summed E-state index contributed by atoms with van der Waals surface area (Å²) in [5.74, 6) is 1.23. The normalized spacial score (nSPS) is 17.9. The van der Waals surface area contributed by atoms with E-state index in [4.69, 9.17) is 4.74 Å². The van der Waals surface area contributed by atoms with Crippen LogP contribution in [0.25, 0.3) is 0 Å². The van der Waals surface area contributed by atoms with Crippen LogP contribution in [0.2, 0.25) is 0 Å². The lowest BCUT2D eigenvalue weighted by Crippen LogP contribution is -2.42. The molecule has 2 aromatic rings. The van der Waals surface area contributed by atoms with Crippen molar-refractivity contribution in [2.45, 2.75) is 31.2 Å². The number of likely N-dealkylation sites (tertiary alicyclic amines) is 1. The molecule has 2 aromatic carbocycles. The van der Waals surface area contributed by atoms with E-state index < -0.39 is 10.0 Å². The predicted octanol–water partition coefficient (Wildman–Crippen LogP) is 2.48. The third kappa shape index (κ3) is 3.92. The molecular weight excluding hydrogens is 402 g/mol. The Hall–Kier alpha value is -2.87. The van der Waals surface area contributed by atoms with Crippen molar-refractivity contribution in [1.82, 2.24) is 10.2 Å². The van der Waals surface area contributed by atoms with Gasteiger partial charge in [-0.05, 0) is 49.1 Å². The van der Waals surface area contributed by atoms with Gasteiger partial charge in [-0.2, -0.15) is 8.42 Å². The van der Waals surface area contributed by atoms with Gasteiger partial charge in [0, 0.05) is 31.1 Å². The average molecular weight is 428 g/mol. The number of nitrogens with zero attached hydrogens (tertiary/aromatic N) is 2. The summed E-state index contributed by atoms with van der Waals surface area (Å²) in [4.78, 5) is 14.9. The molecule has 4 rings (SSSR count). The summed E-state index contributed by atoms with van der Waals surface area (Å²) in [6.45, 7) is 3.62. The van der Waals surface area contributed by atoms with Crippen LogP contribution in [0.1, 0.15) is 29.5 Å². The molecule has 30 heavy (non-hydrogen) atoms. The van der Waals surface area contributed by atoms with Gasteiger partial charge in [-0.25, -0.2) is 0 Å². The molecule has 2 heterocycles. The lowest BCUT2D eigenvalue weighted by atomic mass is 9.95. The molecule has 1 amide bonds. The van der Waals surface area contributed by atoms with Crippen LogP contribution in [0, 0.1) is 12.8 Å². The molecule has 7 nitrogen and oxygen atoms in total. The number of hydrogen-bond acceptors (Lipinski definition) is 5. The lowest BCUT2D eigenvalue weighted by Gasteiger charge is -2.32. The zero-order valence-electron chi connectivity index (χ0n) is 17.1. The molecular formula is C22H25N3O4S. The van der Waals surface area contributed by atoms with E-state index in [1.54, 1.807) is 25.3 Å². The van der Waals surface area contributed by atoms with Crippen LogP contribution in [0.3, 0.4) is 0 Å². The molecule has 0 aromatic heterocycles. The Bertz CT molecular complexity index is 1100. The quantitative estimate of drug-likeness (QED) is 0.810. The van der Waals surface area contributed by atoms with Crippen LogP contribution in [-0.2, 0) is 21.4 Å². The van der Waals surface area contributed by atoms with E-state index in [1.807, 2.05) is 36.1 Å². The molecule has 0 saturated carbocycles. The molecule has 0 unspecified atom stereocenters. The Kier molecular flexibility index (Phi) is 5.51. The summed E-state index contributed by atoms with van der Waals surface area (Å²) in [7, 11) is -1.99. The summed E-state index contributed by atoms with van der Waals surface area (Å²) < 4.78 is 33.9. The first kappa shape index (κ1) is 20.4. The number of fused-ring (bicyclic) bond motifs is 1. The molecule has 2 aliphatic rings. The third-order valence-corrected chi connectivity index (χ3v) is 7.04. The fourth-order valence-electron chi connectivity index (χ4n) is 3.98. The number of benzene rings is 2. The first-order valence-corrected chi connectivity index (χ1v) is 11.4. The van der Waals surface area contributed by atoms with Crippen LogP contribution in [0.4, 0.5) is 0 Å². The highest BCUT2D eigenvalue weighted by Gasteiger charge is 2.34. The first-order chi connectivity index (χ1) is 14.4. The van der Waals surface area contributed by atoms with Gasteiger partial charge >= 0.3 is 0 Å². The zero-order chi connectivity index (χ0) is 21.3. The number of amides is 1. The van der Waals surface area contributed by atoms with Gasteiger partial charge in [0.25, 0.3) is 10.0 Å². The minimum absolute atomic E-state index is 0.0237. The van der Waals surface area contributed by atoms with E-state index in [0.29, 0.717) is 43.9 Å². The number of methoxy groups -OCH3 is 1. The van der Waals surface area contributed by atoms with Crippen molar-refractivity contribution in [1.29, 1.82) is 0 Å². The van der Waals surface area contributed by atoms with E-state index in [9.17, 15) is 13.2 Å². The molecule has 0 spiro atoms. The van der Waals surface area contributed by atoms with E-state index in [2.05, 4.69) is 9.71 Å². The molecule has 1 N–H and O–H groups in total. The molecule has 2 aliphatic heterocycles. The second-order valence-corrected chi connectivity index (χ2v) is 9.24. The van der Waals surface area contributed by atoms with Gasteiger partial charge in [-0.3, -0.25) is 4.79 Å². The number of carbonyl (C=O) groups is 1. The van der Waals surface area contributed by atoms with Gasteiger partial charge in [-0.1, -0.05) is 24.3 Å². The predicted molar refractivity (Wildman–Crippen MR) is 114 cm³/mol. The van der Waals surface area contributed by atoms with Crippen LogP contribution in [0.5, 0.6) is 5.75 Å². The van der Waals surface area contributed by atoms with Crippen molar-refractivity contribution in [3.8, 4) is 5.75 Å². The molecule has 0 aliphatic carbocycles. The van der Waals surface area contributed by atoms with Gasteiger partial charge in [-0.15, -0.1) is 4.40 Å². The number of nitrogens with one attached hydrogen (secondary N) is 1. The number of hydrogen-bond donors (Lipinski definition) is 1. The average Bonchev–Trinajstić information content (AvgIpc) is 3.04. The number of aryl methyl sites for hydroxylation is 1. The van der Waals surface area contributed by atoms with Gasteiger partial charge in [0.05, 0.1) is 7.11 Å². The maximum atomic E-state index is 12.6. The molecule has 8 heteroatoms. The minimum atomic E-state index is -3.63. The molecule has 0 radical (unpaired) electrons. The highest BCUT2D eigenvalue weighted by molar-refractivity contribution is 7.90. The SMILES string of the molecule is COc1cc(CNC(=O)C2CCN(C3=NS(=O)(=O)c4ccccc43)CC2)ccc1C. The first-order valence-electron chi connectivity index (χ1n) is 9.99. The highest BCUT2D eigenvalue weighted by atomic mass is 32.2. The van der Waals surface area contributed by atoms with E-state index in [0.717, 1.165) is 16.9 Å². The summed E-state index contributed by atoms with van der Waals surface area (Å²) in [5.41, 5.74) is 2.69. The number of carbonyl (C=O) groups excluding carboxylic acids is 1. The standard InChI is InChI=1S/C22H25N3O4S/c1-15-7-8-16(13-19(15)29-2)14-23-22(26)17-9-11-25(12-10-17)21-18-5-3-4-6-20(18)30(27,28)24-21/h3-8,13,17H,9-12,14H2,1-2H3,(H,23,26). The van der Waals surface area contributed by atoms with Crippen molar-refractivity contribution in [3.63, 3.8) is 0 Å². The van der Waals surface area contributed by atoms with Crippen molar-refractivity contribution in [2.24, 2.45) is 10.3 Å². The van der Waals surface area contributed by atoms with Gasteiger partial charge in [0.1, 0.15) is 10.6 Å². The Morgan fingerprint density at radius 2 is 1.93 bits per heavy atom. The van der Waals surface area contributed by atoms with Gasteiger partial charge < -0.3 is 15.0 Å². The zero-order valence-corrected chi connectivity index (χ0v) is 17.9. The second-order valence-electron chi connectivity index (χ2n) is 7.67. The number of rotatable bonds is 4. The number of piperidine rings is 1. The van der Waals surface area contributed by atoms with Crippen LogP contribution in [0.15, 0.2) is 51.8 Å². The Balaban J connectivity index is 1.35. The molecule has 0 bridgehead atoms. The maximum absolute atomic E-state index is 12.6. The van der Waals surface area contributed by atoms with Crippen molar-refractivity contribution >= 4 is 21.8 Å². The monoisotopic (exact) mass is 427 g/mol. The number of sulfonamides is 1. The minimum Gasteiger partial charge on any atom is -0.496 e. The smallest absolute Gasteiger partial charge is 0.285 e. The van der Waals surface area contributed by atoms with E-state index in [1.165, 1.54) is 0 Å². The van der Waals surface area contributed by atoms with Crippen LogP contribution >= 0.6 is 0 Å². The van der Waals surface area contributed by atoms with E-state index in [-0.39, 0.29) is 16.7 Å². The van der Waals surface area contributed by atoms with Crippen molar-refractivity contribution in [3.05, 3.63) is 59.2 Å². The summed E-state index contributed by atoms with van der Waals surface area (Å²) in [5, 5.41) is 3.01. The fourth-order valence-corrected chi connectivity index (χ4v) is 5.21. The molecule has 158 valence electrons. The summed E-state index contributed by atoms with van der Waals surface area (Å²) >= 11 is 0. The topological polar surface area (TPSA) is 88.1 Å². The fraction of sp³-hybridized carbons (Fsp3) is 0.364. The second kappa shape index (κ2) is 8.10. The van der Waals surface area contributed by atoms with Crippen molar-refractivity contribution < 1.29 is 17.9 Å². The van der Waals surface area contributed by atoms with Crippen LogP contribution < -0.4 is 10.1 Å². The van der Waals surface area contributed by atoms with Crippen LogP contribution in [-0.4, -0.2) is 45.3 Å². The Morgan fingerprint density at radius 3 is 2.67 bits per heavy atom. The molecule has 1 saturated heterocycles. The number of amidine groups is 1. The van der Waals surface area contributed by atoms with Crippen molar-refractivity contribution in [2.75, 3.05) is 20.2 Å². The lowest BCUT2D eigenvalue weighted by molar-refractivity contribution is -0.126. The third-order valence-electron chi connectivity index (χ3n) is 5.72. The summed E-state index contributed by atoms with van der Waals surface area (Å²) in [6, 6.07) is 12.8. The Labute approximate surface area is 176 Å². The maximum Gasteiger partial charge on any atom is 0.285 e. The summed E-state index contributed by atoms with van der Waals surface area (Å²) in [6.07, 6.45) is 1.31. The number of ether oxygens (including phenoxy) is 1. The Morgan fingerprint density at radius 1 is 1.20 bits per heavy atom.